The molecule has 0 saturated carbocycles. The van der Waals surface area contributed by atoms with Crippen molar-refractivity contribution < 1.29 is 63.0 Å². The Bertz CT molecular complexity index is 2620. The Morgan fingerprint density at radius 2 is 1.24 bits per heavy atom. The summed E-state index contributed by atoms with van der Waals surface area (Å²) < 4.78 is 29.9. The molecule has 7 rings (SSSR count). The first-order chi connectivity index (χ1) is 35.7. The van der Waals surface area contributed by atoms with Crippen LogP contribution < -0.4 is 14.2 Å². The summed E-state index contributed by atoms with van der Waals surface area (Å²) in [5.74, 6) is -0.108. The highest BCUT2D eigenvalue weighted by Gasteiger charge is 2.47. The van der Waals surface area contributed by atoms with Crippen molar-refractivity contribution in [1.82, 2.24) is 19.6 Å². The fraction of sp³-hybridized carbons (Fsp3) is 0.569. The van der Waals surface area contributed by atoms with E-state index in [9.17, 15) is 39.3 Å². The Balaban J connectivity index is 1.07. The number of aliphatic hydroxyl groups is 2. The molecule has 0 unspecified atom stereocenters. The lowest BCUT2D eigenvalue weighted by Gasteiger charge is -2.41. The molecule has 5 aliphatic heterocycles. The number of nitrogens with zero attached hydrogens (tertiary/aromatic N) is 4. The summed E-state index contributed by atoms with van der Waals surface area (Å²) in [5, 5.41) is 34.2. The molecule has 17 nitrogen and oxygen atoms in total. The molecule has 408 valence electrons. The molecule has 2 aromatic carbocycles. The number of allylic oxidation sites excluding steroid dienone is 8. The Morgan fingerprint density at radius 1 is 0.720 bits per heavy atom. The number of benzene rings is 2. The van der Waals surface area contributed by atoms with E-state index in [-0.39, 0.29) is 88.0 Å². The van der Waals surface area contributed by atoms with Crippen LogP contribution in [-0.4, -0.2) is 135 Å². The average Bonchev–Trinajstić information content (AvgIpc) is 3.86. The molecular formula is C58H78N4O13. The van der Waals surface area contributed by atoms with Gasteiger partial charge in [0, 0.05) is 74.2 Å². The van der Waals surface area contributed by atoms with E-state index >= 15 is 0 Å². The number of ether oxygens (including phenoxy) is 5. The summed E-state index contributed by atoms with van der Waals surface area (Å²) in [7, 11) is 1.30. The maximum Gasteiger partial charge on any atom is 0.415 e. The minimum absolute atomic E-state index is 0.0129. The Kier molecular flexibility index (Phi) is 18.1. The molecular weight excluding hydrogens is 961 g/mol. The Morgan fingerprint density at radius 3 is 1.79 bits per heavy atom. The van der Waals surface area contributed by atoms with Gasteiger partial charge in [0.25, 0.3) is 18.3 Å². The quantitative estimate of drug-likeness (QED) is 0.0837. The number of hydrogen-bond acceptors (Lipinski definition) is 13. The Hall–Kier alpha value is -6.33. The van der Waals surface area contributed by atoms with Gasteiger partial charge < -0.3 is 53.7 Å². The SMILES string of the molecule is COC(=O)N1CCN(C(=O)Oc2cc3c(c4c2C[C@H](O)[C@@](C)(CC/C=C(\C)CCC=C(C)C)O4)CN([C@@H](CCCN2Cc4c(cc(O)c5c4O[C@](C)(CC/C=C(\C)CCC=C(C)C)[C@@H](O)C5)C2=O)OC=O)C3=O)CC1. The molecule has 0 aliphatic carbocycles. The number of aromatic hydroxyl groups is 1. The lowest BCUT2D eigenvalue weighted by Crippen LogP contribution is -2.51. The van der Waals surface area contributed by atoms with E-state index in [2.05, 4.69) is 65.8 Å². The van der Waals surface area contributed by atoms with Gasteiger partial charge in [0.2, 0.25) is 0 Å². The zero-order valence-corrected chi connectivity index (χ0v) is 45.4. The number of amides is 4. The molecule has 75 heavy (non-hydrogen) atoms. The first-order valence-corrected chi connectivity index (χ1v) is 26.5. The third kappa shape index (κ3) is 12.9. The molecule has 3 N–H and O–H groups in total. The number of carbonyl (C=O) groups is 5. The number of rotatable bonds is 20. The first kappa shape index (κ1) is 56.4. The van der Waals surface area contributed by atoms with Crippen LogP contribution in [0.4, 0.5) is 9.59 Å². The van der Waals surface area contributed by atoms with E-state index in [4.69, 9.17) is 23.7 Å². The van der Waals surface area contributed by atoms with Gasteiger partial charge in [0.15, 0.2) is 6.23 Å². The van der Waals surface area contributed by atoms with Crippen molar-refractivity contribution in [3.63, 3.8) is 0 Å². The molecule has 0 spiro atoms. The van der Waals surface area contributed by atoms with Crippen LogP contribution in [0.25, 0.3) is 0 Å². The van der Waals surface area contributed by atoms with Crippen molar-refractivity contribution >= 4 is 30.5 Å². The molecule has 5 heterocycles. The summed E-state index contributed by atoms with van der Waals surface area (Å²) in [6.45, 7) is 17.7. The third-order valence-corrected chi connectivity index (χ3v) is 15.5. The summed E-state index contributed by atoms with van der Waals surface area (Å²) in [6.07, 6.45) is 11.3. The van der Waals surface area contributed by atoms with E-state index in [0.717, 1.165) is 25.7 Å². The molecule has 1 saturated heterocycles. The number of hydrogen-bond donors (Lipinski definition) is 3. The van der Waals surface area contributed by atoms with E-state index in [1.165, 1.54) is 56.2 Å². The first-order valence-electron chi connectivity index (χ1n) is 26.5. The predicted octanol–water partition coefficient (Wildman–Crippen LogP) is 9.22. The van der Waals surface area contributed by atoms with Crippen LogP contribution in [0.2, 0.25) is 0 Å². The van der Waals surface area contributed by atoms with Crippen LogP contribution in [0.3, 0.4) is 0 Å². The lowest BCUT2D eigenvalue weighted by atomic mass is 9.84. The summed E-state index contributed by atoms with van der Waals surface area (Å²) in [4.78, 5) is 72.6. The minimum atomic E-state index is -1.08. The second kappa shape index (κ2) is 24.1. The highest BCUT2D eigenvalue weighted by Crippen LogP contribution is 2.49. The van der Waals surface area contributed by atoms with Crippen molar-refractivity contribution in [3.8, 4) is 23.0 Å². The van der Waals surface area contributed by atoms with Crippen LogP contribution in [0.1, 0.15) is 163 Å². The maximum absolute atomic E-state index is 14.6. The highest BCUT2D eigenvalue weighted by molar-refractivity contribution is 6.01. The molecule has 17 heteroatoms. The van der Waals surface area contributed by atoms with Crippen molar-refractivity contribution in [3.05, 3.63) is 92.1 Å². The van der Waals surface area contributed by atoms with E-state index in [1.54, 1.807) is 4.90 Å². The monoisotopic (exact) mass is 1040 g/mol. The molecule has 0 aromatic heterocycles. The van der Waals surface area contributed by atoms with Crippen molar-refractivity contribution in [2.75, 3.05) is 39.8 Å². The smallest absolute Gasteiger partial charge is 0.415 e. The van der Waals surface area contributed by atoms with Crippen molar-refractivity contribution in [2.24, 2.45) is 0 Å². The van der Waals surface area contributed by atoms with E-state index in [1.807, 2.05) is 13.8 Å². The largest absolute Gasteiger partial charge is 0.508 e. The number of fused-ring (bicyclic) bond motifs is 6. The fourth-order valence-corrected chi connectivity index (χ4v) is 10.7. The molecule has 2 aromatic rings. The predicted molar refractivity (Wildman–Crippen MR) is 282 cm³/mol. The number of aliphatic hydroxyl groups excluding tert-OH is 2. The molecule has 5 atom stereocenters. The third-order valence-electron chi connectivity index (χ3n) is 15.5. The second-order valence-electron chi connectivity index (χ2n) is 21.8. The van der Waals surface area contributed by atoms with Crippen LogP contribution >= 0.6 is 0 Å². The number of phenolic OH excluding ortho intramolecular Hbond substituents is 1. The second-order valence-corrected chi connectivity index (χ2v) is 21.8. The number of methoxy groups -OCH3 is 1. The van der Waals surface area contributed by atoms with Crippen LogP contribution in [-0.2, 0) is 40.2 Å². The number of carbonyl (C=O) groups excluding carboxylic acids is 5. The van der Waals surface area contributed by atoms with Gasteiger partial charge >= 0.3 is 12.2 Å². The van der Waals surface area contributed by atoms with Crippen LogP contribution in [0.15, 0.2) is 58.7 Å². The van der Waals surface area contributed by atoms with Gasteiger partial charge in [-0.1, -0.05) is 46.6 Å². The molecule has 0 bridgehead atoms. The lowest BCUT2D eigenvalue weighted by molar-refractivity contribution is -0.141. The van der Waals surface area contributed by atoms with Gasteiger partial charge in [-0.3, -0.25) is 19.3 Å². The van der Waals surface area contributed by atoms with Gasteiger partial charge in [-0.05, 0) is 125 Å². The molecule has 0 radical (unpaired) electrons. The minimum Gasteiger partial charge on any atom is -0.508 e. The van der Waals surface area contributed by atoms with Gasteiger partial charge in [0.1, 0.15) is 34.2 Å². The standard InChI is InChI=1S/C58H78N4O13/c1-36(2)15-10-17-38(5)19-12-22-57(7)48(65)31-42-46(64)29-40-44(51(42)74-57)33-61(53(40)67)24-14-21-50(72-35-63)62-34-45-41(54(62)68)30-47(73-56(70)60-27-25-59(26-28-60)55(69)71-9)43-32-49(66)58(8,75-52(43)45)23-13-20-39(6)18-11-16-37(3)4/h15-16,19-20,29-30,35,48-50,64-66H,10-14,17-18,21-28,31-34H2,1-9H3/b38-19+,39-20+/t48-,49-,50+,57+,58+/m0/s1. The number of piperazine rings is 1. The zero-order valence-electron chi connectivity index (χ0n) is 45.4. The maximum atomic E-state index is 14.6. The summed E-state index contributed by atoms with van der Waals surface area (Å²) >= 11 is 0. The average molecular weight is 1040 g/mol. The zero-order chi connectivity index (χ0) is 54.4. The van der Waals surface area contributed by atoms with Crippen LogP contribution in [0, 0.1) is 0 Å². The van der Waals surface area contributed by atoms with E-state index < -0.39 is 47.7 Å². The van der Waals surface area contributed by atoms with E-state index in [0.29, 0.717) is 77.9 Å². The normalized spacial score (nSPS) is 22.5. The Labute approximate surface area is 441 Å². The van der Waals surface area contributed by atoms with Crippen molar-refractivity contribution in [2.45, 2.75) is 175 Å². The molecule has 4 amide bonds. The highest BCUT2D eigenvalue weighted by atomic mass is 16.6. The van der Waals surface area contributed by atoms with Gasteiger partial charge in [-0.15, -0.1) is 0 Å². The molecule has 5 aliphatic rings. The van der Waals surface area contributed by atoms with Crippen LogP contribution in [0.5, 0.6) is 23.0 Å². The summed E-state index contributed by atoms with van der Waals surface area (Å²) in [6, 6.07) is 2.93. The van der Waals surface area contributed by atoms with Crippen molar-refractivity contribution in [1.29, 1.82) is 0 Å². The van der Waals surface area contributed by atoms with Gasteiger partial charge in [-0.25, -0.2) is 9.59 Å². The topological polar surface area (TPSA) is 205 Å². The molecule has 1 fully saturated rings. The fourth-order valence-electron chi connectivity index (χ4n) is 10.7. The van der Waals surface area contributed by atoms with Gasteiger partial charge in [-0.2, -0.15) is 0 Å². The number of phenols is 1. The summed E-state index contributed by atoms with van der Waals surface area (Å²) in [5.41, 5.74) is 5.51. The van der Waals surface area contributed by atoms with Gasteiger partial charge in [0.05, 0.1) is 43.5 Å².